The summed E-state index contributed by atoms with van der Waals surface area (Å²) in [6.45, 7) is 0.466. The average Bonchev–Trinajstić information content (AvgIpc) is 2.42. The van der Waals surface area contributed by atoms with Gasteiger partial charge in [-0.1, -0.05) is 34.8 Å². The summed E-state index contributed by atoms with van der Waals surface area (Å²) < 4.78 is 19.4. The summed E-state index contributed by atoms with van der Waals surface area (Å²) in [6, 6.07) is 7.95. The summed E-state index contributed by atoms with van der Waals surface area (Å²) in [4.78, 5) is 0. The molecule has 1 atom stereocenters. The molecule has 1 unspecified atom stereocenters. The van der Waals surface area contributed by atoms with Crippen molar-refractivity contribution in [3.05, 3.63) is 56.8 Å². The Kier molecular flexibility index (Phi) is 3.67. The van der Waals surface area contributed by atoms with Gasteiger partial charge in [-0.2, -0.15) is 0 Å². The third-order valence-corrected chi connectivity index (χ3v) is 3.93. The van der Waals surface area contributed by atoms with E-state index in [9.17, 15) is 4.39 Å². The zero-order chi connectivity index (χ0) is 14.3. The van der Waals surface area contributed by atoms with Gasteiger partial charge in [0.25, 0.3) is 0 Å². The van der Waals surface area contributed by atoms with E-state index in [0.717, 1.165) is 5.69 Å². The molecule has 2 nitrogen and oxygen atoms in total. The lowest BCUT2D eigenvalue weighted by Gasteiger charge is -2.28. The van der Waals surface area contributed by atoms with Crippen molar-refractivity contribution in [2.24, 2.45) is 0 Å². The Labute approximate surface area is 130 Å². The standard InChI is InChI=1S/C14H9Cl3FNO/c15-7-1-2-13-12(3-7)19-6-14(20-13)8-4-11(18)10(17)5-9(8)16/h1-5,14,19H,6H2. The first-order chi connectivity index (χ1) is 9.54. The van der Waals surface area contributed by atoms with Gasteiger partial charge in [0.15, 0.2) is 0 Å². The molecule has 0 radical (unpaired) electrons. The van der Waals surface area contributed by atoms with Gasteiger partial charge in [0, 0.05) is 15.6 Å². The minimum absolute atomic E-state index is 0.00491. The van der Waals surface area contributed by atoms with Gasteiger partial charge in [0.05, 0.1) is 17.3 Å². The molecule has 0 amide bonds. The molecule has 0 bridgehead atoms. The van der Waals surface area contributed by atoms with Crippen LogP contribution in [0.4, 0.5) is 10.1 Å². The number of ether oxygens (including phenoxy) is 1. The molecule has 2 aromatic carbocycles. The fourth-order valence-corrected chi connectivity index (χ4v) is 2.78. The molecular formula is C14H9Cl3FNO. The zero-order valence-electron chi connectivity index (χ0n) is 10.1. The van der Waals surface area contributed by atoms with Crippen LogP contribution in [0.5, 0.6) is 5.75 Å². The summed E-state index contributed by atoms with van der Waals surface area (Å²) in [5.41, 5.74) is 1.36. The third-order valence-electron chi connectivity index (χ3n) is 3.08. The quantitative estimate of drug-likeness (QED) is 0.713. The van der Waals surface area contributed by atoms with Crippen molar-refractivity contribution in [1.82, 2.24) is 0 Å². The molecule has 6 heteroatoms. The van der Waals surface area contributed by atoms with Gasteiger partial charge in [-0.05, 0) is 30.3 Å². The smallest absolute Gasteiger partial charge is 0.143 e. The number of rotatable bonds is 1. The van der Waals surface area contributed by atoms with Crippen LogP contribution in [0.25, 0.3) is 0 Å². The molecule has 2 aromatic rings. The normalized spacial score (nSPS) is 17.1. The molecular weight excluding hydrogens is 324 g/mol. The minimum Gasteiger partial charge on any atom is -0.482 e. The number of fused-ring (bicyclic) bond motifs is 1. The van der Waals surface area contributed by atoms with Crippen LogP contribution in [0.1, 0.15) is 11.7 Å². The van der Waals surface area contributed by atoms with E-state index < -0.39 is 5.82 Å². The van der Waals surface area contributed by atoms with Crippen molar-refractivity contribution in [3.63, 3.8) is 0 Å². The molecule has 104 valence electrons. The van der Waals surface area contributed by atoms with Crippen molar-refractivity contribution in [3.8, 4) is 5.75 Å². The predicted molar refractivity (Wildman–Crippen MR) is 79.7 cm³/mol. The van der Waals surface area contributed by atoms with Crippen LogP contribution in [0, 0.1) is 5.82 Å². The molecule has 1 N–H and O–H groups in total. The fourth-order valence-electron chi connectivity index (χ4n) is 2.10. The minimum atomic E-state index is -0.517. The van der Waals surface area contributed by atoms with Crippen LogP contribution >= 0.6 is 34.8 Å². The van der Waals surface area contributed by atoms with E-state index in [1.54, 1.807) is 18.2 Å². The third kappa shape index (κ3) is 2.53. The molecule has 0 aliphatic carbocycles. The lowest BCUT2D eigenvalue weighted by atomic mass is 10.1. The molecule has 0 spiro atoms. The number of hydrogen-bond acceptors (Lipinski definition) is 2. The van der Waals surface area contributed by atoms with Crippen molar-refractivity contribution in [1.29, 1.82) is 0 Å². The van der Waals surface area contributed by atoms with Crippen LogP contribution in [-0.4, -0.2) is 6.54 Å². The first-order valence-electron chi connectivity index (χ1n) is 5.89. The van der Waals surface area contributed by atoms with Gasteiger partial charge in [-0.3, -0.25) is 0 Å². The van der Waals surface area contributed by atoms with E-state index in [1.165, 1.54) is 12.1 Å². The highest BCUT2D eigenvalue weighted by Crippen LogP contribution is 2.38. The Hall–Kier alpha value is -1.16. The second-order valence-electron chi connectivity index (χ2n) is 4.42. The van der Waals surface area contributed by atoms with Crippen LogP contribution in [0.15, 0.2) is 30.3 Å². The van der Waals surface area contributed by atoms with Gasteiger partial charge in [0.1, 0.15) is 17.7 Å². The van der Waals surface area contributed by atoms with Crippen LogP contribution < -0.4 is 10.1 Å². The summed E-state index contributed by atoms with van der Waals surface area (Å²) in [7, 11) is 0. The predicted octanol–water partition coefficient (Wildman–Crippen LogP) is 5.33. The molecule has 1 aliphatic heterocycles. The molecule has 0 aromatic heterocycles. The van der Waals surface area contributed by atoms with Gasteiger partial charge in [-0.15, -0.1) is 0 Å². The summed E-state index contributed by atoms with van der Waals surface area (Å²) in [6.07, 6.45) is -0.386. The van der Waals surface area contributed by atoms with Crippen LogP contribution in [0.3, 0.4) is 0 Å². The van der Waals surface area contributed by atoms with E-state index in [1.807, 2.05) is 0 Å². The van der Waals surface area contributed by atoms with E-state index in [2.05, 4.69) is 5.32 Å². The monoisotopic (exact) mass is 331 g/mol. The van der Waals surface area contributed by atoms with E-state index in [0.29, 0.717) is 27.9 Å². The Bertz CT molecular complexity index is 678. The number of anilines is 1. The van der Waals surface area contributed by atoms with E-state index in [4.69, 9.17) is 39.5 Å². The van der Waals surface area contributed by atoms with Crippen LogP contribution in [-0.2, 0) is 0 Å². The Morgan fingerprint density at radius 1 is 1.10 bits per heavy atom. The molecule has 1 heterocycles. The highest BCUT2D eigenvalue weighted by atomic mass is 35.5. The van der Waals surface area contributed by atoms with Crippen molar-refractivity contribution in [2.75, 3.05) is 11.9 Å². The lowest BCUT2D eigenvalue weighted by Crippen LogP contribution is -2.24. The fraction of sp³-hybridized carbons (Fsp3) is 0.143. The molecule has 0 saturated carbocycles. The second-order valence-corrected chi connectivity index (χ2v) is 5.67. The summed E-state index contributed by atoms with van der Waals surface area (Å²) >= 11 is 17.7. The molecule has 0 fully saturated rings. The van der Waals surface area contributed by atoms with Gasteiger partial charge in [0.2, 0.25) is 0 Å². The summed E-state index contributed by atoms with van der Waals surface area (Å²) in [5.74, 6) is 0.133. The largest absolute Gasteiger partial charge is 0.482 e. The second kappa shape index (κ2) is 5.32. The van der Waals surface area contributed by atoms with Gasteiger partial charge in [-0.25, -0.2) is 4.39 Å². The topological polar surface area (TPSA) is 21.3 Å². The molecule has 1 aliphatic rings. The number of benzene rings is 2. The Balaban J connectivity index is 1.94. The van der Waals surface area contributed by atoms with Gasteiger partial charge >= 0.3 is 0 Å². The SMILES string of the molecule is Fc1cc(C2CNc3cc(Cl)ccc3O2)c(Cl)cc1Cl. The molecule has 20 heavy (non-hydrogen) atoms. The van der Waals surface area contributed by atoms with Gasteiger partial charge < -0.3 is 10.1 Å². The van der Waals surface area contributed by atoms with Crippen LogP contribution in [0.2, 0.25) is 15.1 Å². The highest BCUT2D eigenvalue weighted by Gasteiger charge is 2.24. The van der Waals surface area contributed by atoms with Crippen molar-refractivity contribution in [2.45, 2.75) is 6.10 Å². The summed E-state index contributed by atoms with van der Waals surface area (Å²) in [5, 5.41) is 4.18. The lowest BCUT2D eigenvalue weighted by molar-refractivity contribution is 0.210. The maximum absolute atomic E-state index is 13.6. The zero-order valence-corrected chi connectivity index (χ0v) is 12.4. The van der Waals surface area contributed by atoms with Crippen molar-refractivity contribution >= 4 is 40.5 Å². The maximum Gasteiger partial charge on any atom is 0.143 e. The number of nitrogens with one attached hydrogen (secondary N) is 1. The Morgan fingerprint density at radius 2 is 1.90 bits per heavy atom. The first kappa shape index (κ1) is 13.8. The van der Waals surface area contributed by atoms with E-state index in [-0.39, 0.29) is 11.1 Å². The first-order valence-corrected chi connectivity index (χ1v) is 7.02. The number of hydrogen-bond donors (Lipinski definition) is 1. The van der Waals surface area contributed by atoms with E-state index >= 15 is 0 Å². The average molecular weight is 333 g/mol. The molecule has 0 saturated heterocycles. The maximum atomic E-state index is 13.6. The highest BCUT2D eigenvalue weighted by molar-refractivity contribution is 6.35. The van der Waals surface area contributed by atoms with Crippen molar-refractivity contribution < 1.29 is 9.13 Å². The molecule has 3 rings (SSSR count). The Morgan fingerprint density at radius 3 is 2.70 bits per heavy atom. The number of halogens is 4.